The quantitative estimate of drug-likeness (QED) is 0.586. The van der Waals surface area contributed by atoms with Gasteiger partial charge in [-0.05, 0) is 26.2 Å². The minimum atomic E-state index is -0.868. The van der Waals surface area contributed by atoms with Gasteiger partial charge in [-0.1, -0.05) is 13.8 Å². The van der Waals surface area contributed by atoms with E-state index in [1.54, 1.807) is 4.90 Å². The molecule has 0 atom stereocenters. The molecule has 0 bridgehead atoms. The highest BCUT2D eigenvalue weighted by molar-refractivity contribution is 5.79. The summed E-state index contributed by atoms with van der Waals surface area (Å²) in [5.74, 6) is -0.796. The molecule has 0 unspecified atom stereocenters. The van der Waals surface area contributed by atoms with Gasteiger partial charge in [-0.25, -0.2) is 0 Å². The Labute approximate surface area is 115 Å². The maximum Gasteiger partial charge on any atom is 0.305 e. The zero-order chi connectivity index (χ0) is 14.7. The number of carbonyl (C=O) groups excluding carboxylic acids is 1. The van der Waals surface area contributed by atoms with Crippen molar-refractivity contribution in [2.75, 3.05) is 26.3 Å². The number of nitrogens with zero attached hydrogens (tertiary/aromatic N) is 1. The Morgan fingerprint density at radius 1 is 1.16 bits per heavy atom. The average Bonchev–Trinajstić information content (AvgIpc) is 2.38. The summed E-state index contributed by atoms with van der Waals surface area (Å²) in [4.78, 5) is 24.6. The minimum absolute atomic E-state index is 0.000519. The number of carbonyl (C=O) groups is 2. The van der Waals surface area contributed by atoms with E-state index in [4.69, 9.17) is 9.84 Å². The summed E-state index contributed by atoms with van der Waals surface area (Å²) < 4.78 is 5.25. The summed E-state index contributed by atoms with van der Waals surface area (Å²) in [5, 5.41) is 8.74. The fraction of sp³-hybridized carbons (Fsp3) is 0.857. The lowest BCUT2D eigenvalue weighted by Gasteiger charge is -2.26. The zero-order valence-corrected chi connectivity index (χ0v) is 12.4. The summed E-state index contributed by atoms with van der Waals surface area (Å²) in [6.07, 6.45) is 2.34. The fourth-order valence-electron chi connectivity index (χ4n) is 1.96. The van der Waals surface area contributed by atoms with Gasteiger partial charge in [0.15, 0.2) is 0 Å². The third kappa shape index (κ3) is 7.82. The SMILES string of the molecule is CCOCCCN(CCC(=O)O)C(=O)C(CC)CC. The molecule has 0 spiro atoms. The van der Waals surface area contributed by atoms with Crippen LogP contribution in [-0.4, -0.2) is 48.2 Å². The number of rotatable bonds is 11. The topological polar surface area (TPSA) is 66.8 Å². The number of aliphatic carboxylic acids is 1. The normalized spacial score (nSPS) is 10.7. The van der Waals surface area contributed by atoms with E-state index in [2.05, 4.69) is 0 Å². The lowest BCUT2D eigenvalue weighted by atomic mass is 10.0. The van der Waals surface area contributed by atoms with E-state index in [9.17, 15) is 9.59 Å². The molecule has 0 saturated carbocycles. The van der Waals surface area contributed by atoms with Crippen LogP contribution in [0.1, 0.15) is 46.5 Å². The summed E-state index contributed by atoms with van der Waals surface area (Å²) in [6.45, 7) is 8.03. The van der Waals surface area contributed by atoms with Crippen molar-refractivity contribution in [3.63, 3.8) is 0 Å². The van der Waals surface area contributed by atoms with Crippen LogP contribution in [0.5, 0.6) is 0 Å². The summed E-state index contributed by atoms with van der Waals surface area (Å²) in [6, 6.07) is 0. The van der Waals surface area contributed by atoms with Gasteiger partial charge < -0.3 is 14.7 Å². The molecule has 0 aliphatic rings. The Morgan fingerprint density at radius 2 is 1.79 bits per heavy atom. The highest BCUT2D eigenvalue weighted by atomic mass is 16.5. The third-order valence-corrected chi connectivity index (χ3v) is 3.16. The van der Waals surface area contributed by atoms with Gasteiger partial charge in [0.25, 0.3) is 0 Å². The maximum atomic E-state index is 12.3. The average molecular weight is 273 g/mol. The molecule has 19 heavy (non-hydrogen) atoms. The van der Waals surface area contributed by atoms with Crippen LogP contribution in [0.4, 0.5) is 0 Å². The first-order valence-electron chi connectivity index (χ1n) is 7.15. The summed E-state index contributed by atoms with van der Waals surface area (Å²) in [5.41, 5.74) is 0. The zero-order valence-electron chi connectivity index (χ0n) is 12.4. The smallest absolute Gasteiger partial charge is 0.305 e. The van der Waals surface area contributed by atoms with Crippen LogP contribution >= 0.6 is 0 Å². The van der Waals surface area contributed by atoms with Gasteiger partial charge in [0.05, 0.1) is 6.42 Å². The van der Waals surface area contributed by atoms with E-state index in [0.29, 0.717) is 19.8 Å². The molecule has 0 fully saturated rings. The van der Waals surface area contributed by atoms with Gasteiger partial charge in [-0.3, -0.25) is 9.59 Å². The second-order valence-electron chi connectivity index (χ2n) is 4.53. The van der Waals surface area contributed by atoms with Gasteiger partial charge in [0.2, 0.25) is 5.91 Å². The van der Waals surface area contributed by atoms with Crippen molar-refractivity contribution in [1.82, 2.24) is 4.90 Å². The lowest BCUT2D eigenvalue weighted by molar-refractivity contribution is -0.140. The first kappa shape index (κ1) is 17.9. The maximum absolute atomic E-state index is 12.3. The molecule has 5 nitrogen and oxygen atoms in total. The molecule has 0 aromatic carbocycles. The van der Waals surface area contributed by atoms with Crippen molar-refractivity contribution in [2.45, 2.75) is 46.5 Å². The first-order chi connectivity index (χ1) is 9.06. The van der Waals surface area contributed by atoms with Gasteiger partial charge >= 0.3 is 5.97 Å². The number of amides is 1. The van der Waals surface area contributed by atoms with Crippen molar-refractivity contribution < 1.29 is 19.4 Å². The minimum Gasteiger partial charge on any atom is -0.481 e. The Bertz CT molecular complexity index is 264. The van der Waals surface area contributed by atoms with Crippen LogP contribution < -0.4 is 0 Å². The van der Waals surface area contributed by atoms with Crippen molar-refractivity contribution in [1.29, 1.82) is 0 Å². The molecule has 5 heteroatoms. The van der Waals surface area contributed by atoms with E-state index in [-0.39, 0.29) is 24.8 Å². The molecule has 0 rings (SSSR count). The van der Waals surface area contributed by atoms with Crippen molar-refractivity contribution in [3.05, 3.63) is 0 Å². The number of carboxylic acids is 1. The second kappa shape index (κ2) is 10.8. The predicted molar refractivity (Wildman–Crippen MR) is 74.0 cm³/mol. The lowest BCUT2D eigenvalue weighted by Crippen LogP contribution is -2.38. The third-order valence-electron chi connectivity index (χ3n) is 3.16. The molecule has 112 valence electrons. The Kier molecular flexibility index (Phi) is 10.2. The highest BCUT2D eigenvalue weighted by Gasteiger charge is 2.21. The van der Waals surface area contributed by atoms with Crippen LogP contribution in [0.25, 0.3) is 0 Å². The second-order valence-corrected chi connectivity index (χ2v) is 4.53. The molecular formula is C14H27NO4. The largest absolute Gasteiger partial charge is 0.481 e. The van der Waals surface area contributed by atoms with E-state index >= 15 is 0 Å². The number of hydrogen-bond donors (Lipinski definition) is 1. The van der Waals surface area contributed by atoms with Crippen LogP contribution in [0.15, 0.2) is 0 Å². The van der Waals surface area contributed by atoms with E-state index in [1.165, 1.54) is 0 Å². The van der Waals surface area contributed by atoms with E-state index in [1.807, 2.05) is 20.8 Å². The number of ether oxygens (including phenoxy) is 1. The molecule has 0 aliphatic carbocycles. The van der Waals surface area contributed by atoms with Crippen molar-refractivity contribution in [2.24, 2.45) is 5.92 Å². The molecule has 0 saturated heterocycles. The van der Waals surface area contributed by atoms with Gasteiger partial charge in [0.1, 0.15) is 0 Å². The van der Waals surface area contributed by atoms with Crippen LogP contribution in [0.2, 0.25) is 0 Å². The first-order valence-corrected chi connectivity index (χ1v) is 7.15. The molecular weight excluding hydrogens is 246 g/mol. The van der Waals surface area contributed by atoms with Crippen molar-refractivity contribution in [3.8, 4) is 0 Å². The number of carboxylic acid groups (broad SMARTS) is 1. The van der Waals surface area contributed by atoms with Gasteiger partial charge in [0, 0.05) is 32.2 Å². The molecule has 0 aliphatic heterocycles. The molecule has 0 heterocycles. The Hall–Kier alpha value is -1.10. The highest BCUT2D eigenvalue weighted by Crippen LogP contribution is 2.13. The Morgan fingerprint density at radius 3 is 2.26 bits per heavy atom. The molecule has 1 amide bonds. The van der Waals surface area contributed by atoms with Crippen LogP contribution in [0.3, 0.4) is 0 Å². The van der Waals surface area contributed by atoms with Gasteiger partial charge in [-0.15, -0.1) is 0 Å². The fourth-order valence-corrected chi connectivity index (χ4v) is 1.96. The summed E-state index contributed by atoms with van der Waals surface area (Å²) in [7, 11) is 0. The van der Waals surface area contributed by atoms with Crippen LogP contribution in [0, 0.1) is 5.92 Å². The number of hydrogen-bond acceptors (Lipinski definition) is 3. The van der Waals surface area contributed by atoms with E-state index in [0.717, 1.165) is 19.3 Å². The molecule has 0 aromatic heterocycles. The predicted octanol–water partition coefficient (Wildman–Crippen LogP) is 2.15. The monoisotopic (exact) mass is 273 g/mol. The van der Waals surface area contributed by atoms with Gasteiger partial charge in [-0.2, -0.15) is 0 Å². The molecule has 1 N–H and O–H groups in total. The van der Waals surface area contributed by atoms with Crippen molar-refractivity contribution >= 4 is 11.9 Å². The standard InChI is InChI=1S/C14H27NO4/c1-4-12(5-2)14(18)15(10-8-13(16)17)9-7-11-19-6-3/h12H,4-11H2,1-3H3,(H,16,17). The summed E-state index contributed by atoms with van der Waals surface area (Å²) >= 11 is 0. The Balaban J connectivity index is 4.37. The molecule has 0 aromatic rings. The molecule has 0 radical (unpaired) electrons. The van der Waals surface area contributed by atoms with Crippen LogP contribution in [-0.2, 0) is 14.3 Å². The van der Waals surface area contributed by atoms with E-state index < -0.39 is 5.97 Å².